The van der Waals surface area contributed by atoms with Crippen LogP contribution in [0.25, 0.3) is 11.4 Å². The number of carbonyl (C=O) groups is 2. The Morgan fingerprint density at radius 3 is 2.48 bits per heavy atom. The second-order valence-electron chi connectivity index (χ2n) is 9.77. The SMILES string of the molecule is CC(=O)SCc1cnc(-c2ccc3c(c2)CCC2(CCN(C(=O)OC(C)(C)C)CC2)O3)nc1. The monoisotopic (exact) mass is 469 g/mol. The summed E-state index contributed by atoms with van der Waals surface area (Å²) in [5.41, 5.74) is 2.34. The third-order valence-electron chi connectivity index (χ3n) is 5.97. The van der Waals surface area contributed by atoms with E-state index < -0.39 is 5.60 Å². The number of amides is 1. The fourth-order valence-electron chi connectivity index (χ4n) is 4.20. The van der Waals surface area contributed by atoms with E-state index in [-0.39, 0.29) is 16.8 Å². The van der Waals surface area contributed by atoms with Gasteiger partial charge in [0, 0.05) is 56.6 Å². The summed E-state index contributed by atoms with van der Waals surface area (Å²) in [6.07, 6.45) is 6.76. The van der Waals surface area contributed by atoms with E-state index in [0.717, 1.165) is 48.1 Å². The molecular formula is C25H31N3O4S. The summed E-state index contributed by atoms with van der Waals surface area (Å²) in [6.45, 7) is 8.51. The number of nitrogens with zero attached hydrogens (tertiary/aromatic N) is 3. The lowest BCUT2D eigenvalue weighted by atomic mass is 9.83. The van der Waals surface area contributed by atoms with Gasteiger partial charge in [0.25, 0.3) is 0 Å². The lowest BCUT2D eigenvalue weighted by molar-refractivity contribution is -0.109. The highest BCUT2D eigenvalue weighted by Gasteiger charge is 2.41. The zero-order valence-corrected chi connectivity index (χ0v) is 20.5. The third-order valence-corrected chi connectivity index (χ3v) is 6.85. The van der Waals surface area contributed by atoms with Crippen molar-refractivity contribution in [3.63, 3.8) is 0 Å². The second kappa shape index (κ2) is 9.33. The van der Waals surface area contributed by atoms with Crippen LogP contribution in [0.15, 0.2) is 30.6 Å². The van der Waals surface area contributed by atoms with E-state index in [2.05, 4.69) is 16.0 Å². The van der Waals surface area contributed by atoms with Gasteiger partial charge in [-0.1, -0.05) is 11.8 Å². The lowest BCUT2D eigenvalue weighted by Gasteiger charge is -2.44. The summed E-state index contributed by atoms with van der Waals surface area (Å²) >= 11 is 1.25. The normalized spacial score (nSPS) is 17.3. The van der Waals surface area contributed by atoms with Crippen LogP contribution in [0.4, 0.5) is 4.79 Å². The molecule has 33 heavy (non-hydrogen) atoms. The maximum absolute atomic E-state index is 12.4. The Morgan fingerprint density at radius 2 is 1.85 bits per heavy atom. The molecule has 176 valence electrons. The Bertz CT molecular complexity index is 1020. The molecule has 0 aliphatic carbocycles. The molecule has 2 aliphatic heterocycles. The molecule has 0 unspecified atom stereocenters. The van der Waals surface area contributed by atoms with E-state index in [1.807, 2.05) is 32.9 Å². The molecule has 3 heterocycles. The summed E-state index contributed by atoms with van der Waals surface area (Å²) in [5, 5.41) is 0.0852. The van der Waals surface area contributed by atoms with Crippen LogP contribution in [-0.2, 0) is 21.7 Å². The van der Waals surface area contributed by atoms with Gasteiger partial charge in [-0.25, -0.2) is 14.8 Å². The molecule has 0 bridgehead atoms. The molecule has 1 saturated heterocycles. The highest BCUT2D eigenvalue weighted by Crippen LogP contribution is 2.40. The van der Waals surface area contributed by atoms with Crippen LogP contribution < -0.4 is 4.74 Å². The van der Waals surface area contributed by atoms with E-state index in [1.165, 1.54) is 11.8 Å². The van der Waals surface area contributed by atoms with Crippen molar-refractivity contribution in [2.45, 2.75) is 70.3 Å². The third kappa shape index (κ3) is 5.85. The molecule has 2 aromatic rings. The summed E-state index contributed by atoms with van der Waals surface area (Å²) in [5.74, 6) is 2.16. The van der Waals surface area contributed by atoms with Gasteiger partial charge in [0.05, 0.1) is 0 Å². The largest absolute Gasteiger partial charge is 0.487 e. The van der Waals surface area contributed by atoms with Crippen molar-refractivity contribution in [3.8, 4) is 17.1 Å². The first-order chi connectivity index (χ1) is 15.6. The number of hydrogen-bond donors (Lipinski definition) is 0. The average Bonchev–Trinajstić information content (AvgIpc) is 2.77. The van der Waals surface area contributed by atoms with Gasteiger partial charge < -0.3 is 14.4 Å². The number of thioether (sulfide) groups is 1. The second-order valence-corrected chi connectivity index (χ2v) is 10.9. The van der Waals surface area contributed by atoms with Gasteiger partial charge in [0.15, 0.2) is 10.9 Å². The molecule has 1 amide bonds. The van der Waals surface area contributed by atoms with Crippen molar-refractivity contribution in [2.75, 3.05) is 13.1 Å². The number of fused-ring (bicyclic) bond motifs is 1. The number of hydrogen-bond acceptors (Lipinski definition) is 7. The minimum Gasteiger partial charge on any atom is -0.487 e. The lowest BCUT2D eigenvalue weighted by Crippen LogP contribution is -2.52. The molecule has 1 aromatic heterocycles. The minimum absolute atomic E-state index is 0.0852. The number of carbonyl (C=O) groups excluding carboxylic acids is 2. The van der Waals surface area contributed by atoms with Crippen molar-refractivity contribution in [2.24, 2.45) is 0 Å². The first-order valence-electron chi connectivity index (χ1n) is 11.4. The predicted octanol–water partition coefficient (Wildman–Crippen LogP) is 5.02. The Hall–Kier alpha value is -2.61. The summed E-state index contributed by atoms with van der Waals surface area (Å²) in [4.78, 5) is 34.3. The van der Waals surface area contributed by atoms with E-state index in [0.29, 0.717) is 24.7 Å². The van der Waals surface area contributed by atoms with Gasteiger partial charge in [-0.2, -0.15) is 0 Å². The van der Waals surface area contributed by atoms with Crippen LogP contribution >= 0.6 is 11.8 Å². The summed E-state index contributed by atoms with van der Waals surface area (Å²) < 4.78 is 12.0. The molecule has 0 atom stereocenters. The van der Waals surface area contributed by atoms with Gasteiger partial charge >= 0.3 is 6.09 Å². The van der Waals surface area contributed by atoms with E-state index in [9.17, 15) is 9.59 Å². The fraction of sp³-hybridized carbons (Fsp3) is 0.520. The Kier molecular flexibility index (Phi) is 6.66. The number of aryl methyl sites for hydroxylation is 1. The number of rotatable bonds is 3. The van der Waals surface area contributed by atoms with Crippen LogP contribution in [-0.4, -0.2) is 50.4 Å². The van der Waals surface area contributed by atoms with Gasteiger partial charge in [-0.3, -0.25) is 4.79 Å². The highest BCUT2D eigenvalue weighted by molar-refractivity contribution is 8.12. The standard InChI is InChI=1S/C25H31N3O4S/c1-17(29)33-16-18-14-26-22(27-15-18)20-5-6-21-19(13-20)7-8-25(31-21)9-11-28(12-10-25)23(30)32-24(2,3)4/h5-6,13-15H,7-12,16H2,1-4H3. The van der Waals surface area contributed by atoms with Crippen LogP contribution in [0.1, 0.15) is 58.1 Å². The molecule has 4 rings (SSSR count). The maximum Gasteiger partial charge on any atom is 0.410 e. The zero-order chi connectivity index (χ0) is 23.6. The number of ether oxygens (including phenoxy) is 2. The van der Waals surface area contributed by atoms with Gasteiger partial charge in [0.2, 0.25) is 0 Å². The van der Waals surface area contributed by atoms with Gasteiger partial charge in [0.1, 0.15) is 17.0 Å². The molecule has 2 aliphatic rings. The van der Waals surface area contributed by atoms with Crippen molar-refractivity contribution in [3.05, 3.63) is 41.7 Å². The topological polar surface area (TPSA) is 81.6 Å². The Morgan fingerprint density at radius 1 is 1.15 bits per heavy atom. The van der Waals surface area contributed by atoms with Crippen LogP contribution in [0.2, 0.25) is 0 Å². The van der Waals surface area contributed by atoms with Crippen LogP contribution in [0.5, 0.6) is 5.75 Å². The van der Waals surface area contributed by atoms with E-state index in [4.69, 9.17) is 9.47 Å². The molecule has 1 fully saturated rings. The molecule has 8 heteroatoms. The molecule has 7 nitrogen and oxygen atoms in total. The number of piperidine rings is 1. The molecule has 1 spiro atoms. The highest BCUT2D eigenvalue weighted by atomic mass is 32.2. The maximum atomic E-state index is 12.4. The van der Waals surface area contributed by atoms with Gasteiger partial charge in [-0.15, -0.1) is 0 Å². The first kappa shape index (κ1) is 23.5. The average molecular weight is 470 g/mol. The van der Waals surface area contributed by atoms with E-state index >= 15 is 0 Å². The first-order valence-corrected chi connectivity index (χ1v) is 12.4. The number of benzene rings is 1. The molecular weight excluding hydrogens is 438 g/mol. The molecule has 0 saturated carbocycles. The number of likely N-dealkylation sites (tertiary alicyclic amines) is 1. The van der Waals surface area contributed by atoms with Crippen molar-refractivity contribution in [1.29, 1.82) is 0 Å². The summed E-state index contributed by atoms with van der Waals surface area (Å²) in [7, 11) is 0. The fourth-order valence-corrected chi connectivity index (χ4v) is 4.72. The minimum atomic E-state index is -0.484. The zero-order valence-electron chi connectivity index (χ0n) is 19.7. The quantitative estimate of drug-likeness (QED) is 0.624. The van der Waals surface area contributed by atoms with Crippen LogP contribution in [0.3, 0.4) is 0 Å². The van der Waals surface area contributed by atoms with Crippen molar-refractivity contribution >= 4 is 23.0 Å². The van der Waals surface area contributed by atoms with Crippen molar-refractivity contribution in [1.82, 2.24) is 14.9 Å². The molecule has 0 N–H and O–H groups in total. The van der Waals surface area contributed by atoms with Gasteiger partial charge in [-0.05, 0) is 62.9 Å². The van der Waals surface area contributed by atoms with Crippen LogP contribution in [0, 0.1) is 0 Å². The molecule has 0 radical (unpaired) electrons. The smallest absolute Gasteiger partial charge is 0.410 e. The summed E-state index contributed by atoms with van der Waals surface area (Å²) in [6, 6.07) is 6.11. The Labute approximate surface area is 199 Å². The predicted molar refractivity (Wildman–Crippen MR) is 128 cm³/mol. The number of aromatic nitrogens is 2. The van der Waals surface area contributed by atoms with E-state index in [1.54, 1.807) is 24.2 Å². The van der Waals surface area contributed by atoms with Crippen molar-refractivity contribution < 1.29 is 19.1 Å². The molecule has 1 aromatic carbocycles. The Balaban J connectivity index is 1.39.